The topological polar surface area (TPSA) is 37.2 Å². The zero-order chi connectivity index (χ0) is 12.1. The first-order valence-electron chi connectivity index (χ1n) is 5.74. The molecule has 0 amide bonds. The van der Waals surface area contributed by atoms with Crippen LogP contribution in [0.3, 0.4) is 0 Å². The van der Waals surface area contributed by atoms with Gasteiger partial charge in [-0.15, -0.1) is 0 Å². The third kappa shape index (κ3) is 3.06. The molecule has 0 aromatic heterocycles. The Balaban J connectivity index is 2.00. The second-order valence-electron chi connectivity index (χ2n) is 4.06. The highest BCUT2D eigenvalue weighted by molar-refractivity contribution is 5.40. The number of hydrogen-bond donors (Lipinski definition) is 0. The van der Waals surface area contributed by atoms with Crippen molar-refractivity contribution in [2.45, 2.75) is 12.8 Å². The third-order valence-electron chi connectivity index (χ3n) is 2.87. The van der Waals surface area contributed by atoms with Crippen molar-refractivity contribution < 1.29 is 4.74 Å². The molecule has 0 atom stereocenters. The van der Waals surface area contributed by atoms with Crippen LogP contribution in [0, 0.1) is 0 Å². The van der Waals surface area contributed by atoms with Gasteiger partial charge in [0.25, 0.3) is 0 Å². The number of benzene rings is 1. The van der Waals surface area contributed by atoms with Crippen LogP contribution < -0.4 is 4.74 Å². The number of ether oxygens (including phenoxy) is 1. The zero-order valence-corrected chi connectivity index (χ0v) is 10.3. The van der Waals surface area contributed by atoms with Gasteiger partial charge < -0.3 is 9.64 Å². The van der Waals surface area contributed by atoms with Gasteiger partial charge in [0.05, 0.1) is 19.0 Å². The standard InChI is InChI=1S/C13H17N3O/c1-16-9-3-4-12(16)10-14-15-11-5-7-13(17-2)8-6-11/h5-8,10H,3-4,9H2,1-2H3/b12-10-,15-14?. The van der Waals surface area contributed by atoms with Crippen molar-refractivity contribution in [3.8, 4) is 5.75 Å². The maximum absolute atomic E-state index is 5.08. The number of likely N-dealkylation sites (tertiary alicyclic amines) is 1. The molecule has 1 aromatic carbocycles. The molecule has 0 aliphatic carbocycles. The quantitative estimate of drug-likeness (QED) is 0.748. The molecule has 0 N–H and O–H groups in total. The van der Waals surface area contributed by atoms with E-state index in [9.17, 15) is 0 Å². The molecule has 90 valence electrons. The largest absolute Gasteiger partial charge is 0.497 e. The number of methoxy groups -OCH3 is 1. The summed E-state index contributed by atoms with van der Waals surface area (Å²) in [5.41, 5.74) is 2.09. The fourth-order valence-electron chi connectivity index (χ4n) is 1.81. The van der Waals surface area contributed by atoms with Gasteiger partial charge in [-0.3, -0.25) is 0 Å². The second-order valence-corrected chi connectivity index (χ2v) is 4.06. The summed E-state index contributed by atoms with van der Waals surface area (Å²) >= 11 is 0. The van der Waals surface area contributed by atoms with E-state index in [1.807, 2.05) is 30.5 Å². The van der Waals surface area contributed by atoms with Crippen LogP contribution in [-0.4, -0.2) is 25.6 Å². The van der Waals surface area contributed by atoms with Gasteiger partial charge in [0.15, 0.2) is 0 Å². The lowest BCUT2D eigenvalue weighted by atomic mass is 10.3. The third-order valence-corrected chi connectivity index (χ3v) is 2.87. The van der Waals surface area contributed by atoms with Crippen molar-refractivity contribution in [2.24, 2.45) is 10.2 Å². The average molecular weight is 231 g/mol. The van der Waals surface area contributed by atoms with Crippen LogP contribution in [0.2, 0.25) is 0 Å². The van der Waals surface area contributed by atoms with Gasteiger partial charge in [0.2, 0.25) is 0 Å². The maximum atomic E-state index is 5.08. The van der Waals surface area contributed by atoms with Crippen molar-refractivity contribution in [3.63, 3.8) is 0 Å². The molecule has 1 aromatic rings. The first kappa shape index (κ1) is 11.6. The van der Waals surface area contributed by atoms with Gasteiger partial charge in [0, 0.05) is 19.3 Å². The highest BCUT2D eigenvalue weighted by Gasteiger charge is 2.11. The molecule has 1 saturated heterocycles. The Kier molecular flexibility index (Phi) is 3.75. The van der Waals surface area contributed by atoms with E-state index in [2.05, 4.69) is 22.2 Å². The molecule has 1 heterocycles. The molecule has 1 aliphatic heterocycles. The van der Waals surface area contributed by atoms with Crippen LogP contribution in [0.15, 0.2) is 46.4 Å². The minimum absolute atomic E-state index is 0.831. The van der Waals surface area contributed by atoms with Crippen molar-refractivity contribution in [1.29, 1.82) is 0 Å². The molecule has 0 radical (unpaired) electrons. The molecule has 1 fully saturated rings. The van der Waals surface area contributed by atoms with Crippen LogP contribution in [0.5, 0.6) is 5.75 Å². The minimum atomic E-state index is 0.831. The minimum Gasteiger partial charge on any atom is -0.497 e. The molecule has 0 spiro atoms. The summed E-state index contributed by atoms with van der Waals surface area (Å²) in [4.78, 5) is 2.22. The first-order chi connectivity index (χ1) is 8.29. The number of allylic oxidation sites excluding steroid dienone is 1. The SMILES string of the molecule is COc1ccc(N=N/C=C2/CCCN2C)cc1. The van der Waals surface area contributed by atoms with Crippen LogP contribution in [0.4, 0.5) is 5.69 Å². The van der Waals surface area contributed by atoms with Gasteiger partial charge in [-0.2, -0.15) is 10.2 Å². The summed E-state index contributed by atoms with van der Waals surface area (Å²) in [5, 5.41) is 8.26. The predicted molar refractivity (Wildman–Crippen MR) is 67.5 cm³/mol. The van der Waals surface area contributed by atoms with Gasteiger partial charge in [-0.1, -0.05) is 0 Å². The summed E-state index contributed by atoms with van der Waals surface area (Å²) in [6.45, 7) is 1.11. The van der Waals surface area contributed by atoms with Crippen molar-refractivity contribution in [2.75, 3.05) is 20.7 Å². The Morgan fingerprint density at radius 3 is 2.65 bits per heavy atom. The number of nitrogens with zero attached hydrogens (tertiary/aromatic N) is 3. The average Bonchev–Trinajstić information content (AvgIpc) is 2.76. The molecular formula is C13H17N3O. The molecule has 1 aliphatic rings. The number of azo groups is 1. The van der Waals surface area contributed by atoms with E-state index < -0.39 is 0 Å². The van der Waals surface area contributed by atoms with Gasteiger partial charge in [-0.25, -0.2) is 0 Å². The van der Waals surface area contributed by atoms with Crippen LogP contribution in [-0.2, 0) is 0 Å². The van der Waals surface area contributed by atoms with Crippen molar-refractivity contribution in [1.82, 2.24) is 4.90 Å². The lowest BCUT2D eigenvalue weighted by Gasteiger charge is -2.10. The monoisotopic (exact) mass is 231 g/mol. The van der Waals surface area contributed by atoms with Crippen LogP contribution in [0.1, 0.15) is 12.8 Å². The Labute approximate surface area is 102 Å². The molecule has 0 saturated carbocycles. The van der Waals surface area contributed by atoms with E-state index in [1.165, 1.54) is 12.1 Å². The Morgan fingerprint density at radius 2 is 2.06 bits per heavy atom. The van der Waals surface area contributed by atoms with Crippen LogP contribution >= 0.6 is 0 Å². The molecule has 0 unspecified atom stereocenters. The predicted octanol–water partition coefficient (Wildman–Crippen LogP) is 3.35. The lowest BCUT2D eigenvalue weighted by Crippen LogP contribution is -2.09. The van der Waals surface area contributed by atoms with Crippen LogP contribution in [0.25, 0.3) is 0 Å². The Bertz CT molecular complexity index is 423. The molecule has 4 heteroatoms. The van der Waals surface area contributed by atoms with E-state index >= 15 is 0 Å². The van der Waals surface area contributed by atoms with E-state index in [0.717, 1.165) is 24.4 Å². The summed E-state index contributed by atoms with van der Waals surface area (Å²) in [6, 6.07) is 7.53. The van der Waals surface area contributed by atoms with E-state index in [-0.39, 0.29) is 0 Å². The summed E-state index contributed by atoms with van der Waals surface area (Å²) < 4.78 is 5.08. The highest BCUT2D eigenvalue weighted by atomic mass is 16.5. The normalized spacial score (nSPS) is 18.2. The maximum Gasteiger partial charge on any atom is 0.119 e. The molecule has 4 nitrogen and oxygen atoms in total. The lowest BCUT2D eigenvalue weighted by molar-refractivity contribution is 0.415. The van der Waals surface area contributed by atoms with Crippen molar-refractivity contribution >= 4 is 5.69 Å². The molecule has 2 rings (SSSR count). The van der Waals surface area contributed by atoms with E-state index in [4.69, 9.17) is 4.74 Å². The fraction of sp³-hybridized carbons (Fsp3) is 0.385. The van der Waals surface area contributed by atoms with Gasteiger partial charge >= 0.3 is 0 Å². The number of hydrogen-bond acceptors (Lipinski definition) is 4. The van der Waals surface area contributed by atoms with Crippen molar-refractivity contribution in [3.05, 3.63) is 36.2 Å². The Hall–Kier alpha value is -1.84. The Morgan fingerprint density at radius 1 is 1.29 bits per heavy atom. The van der Waals surface area contributed by atoms with E-state index in [0.29, 0.717) is 0 Å². The zero-order valence-electron chi connectivity index (χ0n) is 10.3. The smallest absolute Gasteiger partial charge is 0.119 e. The molecule has 0 bridgehead atoms. The number of rotatable bonds is 3. The summed E-state index contributed by atoms with van der Waals surface area (Å²) in [7, 11) is 3.73. The summed E-state index contributed by atoms with van der Waals surface area (Å²) in [5.74, 6) is 0.831. The molecule has 17 heavy (non-hydrogen) atoms. The highest BCUT2D eigenvalue weighted by Crippen LogP contribution is 2.20. The first-order valence-corrected chi connectivity index (χ1v) is 5.74. The second kappa shape index (κ2) is 5.48. The molecular weight excluding hydrogens is 214 g/mol. The van der Waals surface area contributed by atoms with E-state index in [1.54, 1.807) is 7.11 Å². The summed E-state index contributed by atoms with van der Waals surface area (Å²) in [6.07, 6.45) is 4.15. The fourth-order valence-corrected chi connectivity index (χ4v) is 1.81. The van der Waals surface area contributed by atoms with Gasteiger partial charge in [0.1, 0.15) is 5.75 Å². The van der Waals surface area contributed by atoms with Gasteiger partial charge in [-0.05, 0) is 37.1 Å².